The molecule has 1 fully saturated rings. The van der Waals surface area contributed by atoms with Crippen LogP contribution in [0.3, 0.4) is 0 Å². The zero-order chi connectivity index (χ0) is 33.2. The van der Waals surface area contributed by atoms with Gasteiger partial charge in [0.1, 0.15) is 18.1 Å². The number of amides is 1. The third-order valence-corrected chi connectivity index (χ3v) is 10.0. The van der Waals surface area contributed by atoms with Crippen LogP contribution in [0.25, 0.3) is 10.9 Å². The predicted molar refractivity (Wildman–Crippen MR) is 171 cm³/mol. The van der Waals surface area contributed by atoms with Crippen LogP contribution in [0.15, 0.2) is 48.7 Å². The summed E-state index contributed by atoms with van der Waals surface area (Å²) in [4.78, 5) is 14.4. The second-order valence-corrected chi connectivity index (χ2v) is 20.0. The zero-order valence-electron chi connectivity index (χ0n) is 27.4. The number of likely N-dealkylation sites (tertiary alicyclic amines) is 1. The lowest BCUT2D eigenvalue weighted by Gasteiger charge is -2.42. The quantitative estimate of drug-likeness (QED) is 0.125. The monoisotopic (exact) mass is 650 g/mol. The van der Waals surface area contributed by atoms with E-state index in [1.54, 1.807) is 36.2 Å². The maximum absolute atomic E-state index is 14.0. The predicted octanol–water partition coefficient (Wildman–Crippen LogP) is 9.16. The molecule has 45 heavy (non-hydrogen) atoms. The maximum atomic E-state index is 14.0. The van der Waals surface area contributed by atoms with Gasteiger partial charge in [0.15, 0.2) is 0 Å². The van der Waals surface area contributed by atoms with Crippen molar-refractivity contribution in [3.8, 4) is 0 Å². The molecule has 2 aromatic carbocycles. The molecule has 4 rings (SSSR count). The van der Waals surface area contributed by atoms with Gasteiger partial charge in [0, 0.05) is 50.3 Å². The van der Waals surface area contributed by atoms with E-state index in [2.05, 4.69) is 19.6 Å². The van der Waals surface area contributed by atoms with Crippen molar-refractivity contribution in [2.45, 2.75) is 96.2 Å². The molecule has 1 aliphatic rings. The van der Waals surface area contributed by atoms with Crippen molar-refractivity contribution < 1.29 is 36.6 Å². The Labute approximate surface area is 264 Å². The molecule has 2 heterocycles. The van der Waals surface area contributed by atoms with Crippen LogP contribution in [0, 0.1) is 5.82 Å². The summed E-state index contributed by atoms with van der Waals surface area (Å²) < 4.78 is 75.6. The number of nitrogens with zero attached hydrogens (tertiary/aromatic N) is 2. The molecular weight excluding hydrogens is 604 g/mol. The molecular formula is C34H46F4N2O4Si. The molecule has 0 saturated carbocycles. The number of ether oxygens (including phenoxy) is 3. The third-order valence-electron chi connectivity index (χ3n) is 8.32. The fourth-order valence-corrected chi connectivity index (χ4v) is 6.40. The van der Waals surface area contributed by atoms with E-state index in [4.69, 9.17) is 14.2 Å². The Morgan fingerprint density at radius 1 is 1.02 bits per heavy atom. The van der Waals surface area contributed by atoms with Crippen LogP contribution < -0.4 is 0 Å². The number of hydrogen-bond acceptors (Lipinski definition) is 4. The highest BCUT2D eigenvalue weighted by molar-refractivity contribution is 6.76. The van der Waals surface area contributed by atoms with E-state index in [1.165, 1.54) is 18.2 Å². The van der Waals surface area contributed by atoms with Crippen molar-refractivity contribution in [3.05, 3.63) is 71.2 Å². The molecule has 248 valence electrons. The topological polar surface area (TPSA) is 52.9 Å². The van der Waals surface area contributed by atoms with Gasteiger partial charge < -0.3 is 23.7 Å². The first-order valence-corrected chi connectivity index (χ1v) is 19.2. The van der Waals surface area contributed by atoms with Crippen LogP contribution in [0.1, 0.15) is 63.3 Å². The van der Waals surface area contributed by atoms with Crippen LogP contribution in [-0.4, -0.2) is 55.5 Å². The number of aromatic nitrogens is 1. The smallest absolute Gasteiger partial charge is 0.416 e. The lowest BCUT2D eigenvalue weighted by molar-refractivity contribution is -0.137. The summed E-state index contributed by atoms with van der Waals surface area (Å²) in [5.41, 5.74) is -0.0411. The summed E-state index contributed by atoms with van der Waals surface area (Å²) in [6.07, 6.45) is -2.84. The highest BCUT2D eigenvalue weighted by Crippen LogP contribution is 2.40. The molecule has 0 aliphatic carbocycles. The second-order valence-electron chi connectivity index (χ2n) is 14.3. The molecule has 1 aromatic heterocycles. The molecule has 6 nitrogen and oxygen atoms in total. The minimum absolute atomic E-state index is 0.174. The van der Waals surface area contributed by atoms with Gasteiger partial charge in [0.2, 0.25) is 0 Å². The normalized spacial score (nSPS) is 16.6. The van der Waals surface area contributed by atoms with Crippen molar-refractivity contribution in [2.75, 3.05) is 26.3 Å². The summed E-state index contributed by atoms with van der Waals surface area (Å²) in [5, 5.41) is 0.461. The van der Waals surface area contributed by atoms with Crippen molar-refractivity contribution in [1.29, 1.82) is 0 Å². The molecule has 0 spiro atoms. The summed E-state index contributed by atoms with van der Waals surface area (Å²) in [7, 11) is -1.31. The maximum Gasteiger partial charge on any atom is 0.416 e. The molecule has 1 aliphatic heterocycles. The Kier molecular flexibility index (Phi) is 10.5. The third kappa shape index (κ3) is 9.10. The van der Waals surface area contributed by atoms with Crippen molar-refractivity contribution in [3.63, 3.8) is 0 Å². The van der Waals surface area contributed by atoms with E-state index in [0.717, 1.165) is 17.7 Å². The van der Waals surface area contributed by atoms with Gasteiger partial charge in [-0.25, -0.2) is 9.18 Å². The molecule has 0 radical (unpaired) electrons. The minimum atomic E-state index is -4.53. The minimum Gasteiger partial charge on any atom is -0.444 e. The molecule has 1 atom stereocenters. The van der Waals surface area contributed by atoms with Gasteiger partial charge in [-0.2, -0.15) is 13.2 Å². The lowest BCUT2D eigenvalue weighted by Crippen LogP contribution is -2.48. The van der Waals surface area contributed by atoms with E-state index in [0.29, 0.717) is 49.0 Å². The average Bonchev–Trinajstić information content (AvgIpc) is 3.35. The summed E-state index contributed by atoms with van der Waals surface area (Å²) in [5.74, 6) is -0.367. The van der Waals surface area contributed by atoms with E-state index in [1.807, 2.05) is 25.3 Å². The first-order chi connectivity index (χ1) is 20.9. The van der Waals surface area contributed by atoms with Gasteiger partial charge in [-0.3, -0.25) is 0 Å². The average molecular weight is 651 g/mol. The number of fused-ring (bicyclic) bond motifs is 1. The number of hydrogen-bond donors (Lipinski definition) is 0. The van der Waals surface area contributed by atoms with E-state index < -0.39 is 43.0 Å². The molecule has 0 bridgehead atoms. The fourth-order valence-electron chi connectivity index (χ4n) is 5.64. The second kappa shape index (κ2) is 13.5. The number of rotatable bonds is 10. The molecule has 1 unspecified atom stereocenters. The first-order valence-electron chi connectivity index (χ1n) is 15.5. The van der Waals surface area contributed by atoms with Crippen molar-refractivity contribution in [1.82, 2.24) is 9.47 Å². The Bertz CT molecular complexity index is 1450. The molecule has 11 heteroatoms. The van der Waals surface area contributed by atoms with Gasteiger partial charge in [0.25, 0.3) is 0 Å². The molecule has 1 saturated heterocycles. The standard InChI is InChI=1S/C34H46F4N2O4Si/c1-24(29-21-27(34(36,37)38)20-25-12-15-40(30(25)29)23-42-18-19-45(5,6)7)43-22-33(26-8-10-28(35)11-9-26)13-16-39(17-14-33)31(41)44-32(2,3)4/h8-12,15,20-21,24H,13-14,16-19,22-23H2,1-7H3. The van der Waals surface area contributed by atoms with Crippen LogP contribution in [0.5, 0.6) is 0 Å². The van der Waals surface area contributed by atoms with Gasteiger partial charge in [0.05, 0.1) is 23.8 Å². The molecule has 3 aromatic rings. The van der Waals surface area contributed by atoms with Gasteiger partial charge >= 0.3 is 12.3 Å². The van der Waals surface area contributed by atoms with E-state index in [9.17, 15) is 22.4 Å². The highest BCUT2D eigenvalue weighted by atomic mass is 28.3. The molecule has 0 N–H and O–H groups in total. The largest absolute Gasteiger partial charge is 0.444 e. The zero-order valence-corrected chi connectivity index (χ0v) is 28.4. The molecule has 1 amide bonds. The van der Waals surface area contributed by atoms with Crippen LogP contribution in [0.4, 0.5) is 22.4 Å². The number of benzene rings is 2. The Morgan fingerprint density at radius 2 is 1.67 bits per heavy atom. The Balaban J connectivity index is 1.60. The van der Waals surface area contributed by atoms with Crippen LogP contribution in [-0.2, 0) is 32.5 Å². The Morgan fingerprint density at radius 3 is 2.24 bits per heavy atom. The summed E-state index contributed by atoms with van der Waals surface area (Å²) in [6, 6.07) is 11.2. The van der Waals surface area contributed by atoms with E-state index >= 15 is 0 Å². The van der Waals surface area contributed by atoms with E-state index in [-0.39, 0.29) is 19.2 Å². The van der Waals surface area contributed by atoms with Crippen LogP contribution >= 0.6 is 0 Å². The highest BCUT2D eigenvalue weighted by Gasteiger charge is 2.40. The van der Waals surface area contributed by atoms with Crippen LogP contribution in [0.2, 0.25) is 25.7 Å². The fraction of sp³-hybridized carbons (Fsp3) is 0.559. The number of halogens is 4. The lowest BCUT2D eigenvalue weighted by atomic mass is 9.73. The van der Waals surface area contributed by atoms with Gasteiger partial charge in [-0.05, 0) is 82.5 Å². The van der Waals surface area contributed by atoms with Gasteiger partial charge in [-0.15, -0.1) is 0 Å². The number of alkyl halides is 3. The Hall–Kier alpha value is -2.89. The summed E-state index contributed by atoms with van der Waals surface area (Å²) >= 11 is 0. The SMILES string of the molecule is CC(OCC1(c2ccc(F)cc2)CCN(C(=O)OC(C)(C)C)CC1)c1cc(C(F)(F)F)cc2ccn(COCC[Si](C)(C)C)c12. The summed E-state index contributed by atoms with van der Waals surface area (Å²) in [6.45, 7) is 15.8. The van der Waals surface area contributed by atoms with Gasteiger partial charge in [-0.1, -0.05) is 31.8 Å². The van der Waals surface area contributed by atoms with Crippen molar-refractivity contribution >= 4 is 25.1 Å². The number of carbonyl (C=O) groups excluding carboxylic acids is 1. The number of piperidine rings is 1. The number of carbonyl (C=O) groups is 1. The first kappa shape index (κ1) is 35.0. The van der Waals surface area contributed by atoms with Crippen molar-refractivity contribution in [2.24, 2.45) is 0 Å².